The molecule has 156 valence electrons. The van der Waals surface area contributed by atoms with Crippen LogP contribution >= 0.6 is 0 Å². The van der Waals surface area contributed by atoms with E-state index in [0.717, 1.165) is 12.3 Å². The number of aromatic amines is 1. The topological polar surface area (TPSA) is 71.1 Å². The molecular weight excluding hydrogens is 397 g/mol. The average Bonchev–Trinajstić information content (AvgIpc) is 3.17. The smallest absolute Gasteiger partial charge is 0.433 e. The number of rotatable bonds is 5. The van der Waals surface area contributed by atoms with Crippen molar-refractivity contribution < 1.29 is 22.7 Å². The Hall–Kier alpha value is -3.62. The Morgan fingerprint density at radius 1 is 1.20 bits per heavy atom. The van der Waals surface area contributed by atoms with Crippen molar-refractivity contribution in [3.63, 3.8) is 0 Å². The summed E-state index contributed by atoms with van der Waals surface area (Å²) in [7, 11) is 1.62. The second kappa shape index (κ2) is 8.40. The quantitative estimate of drug-likeness (QED) is 0.583. The highest BCUT2D eigenvalue weighted by Gasteiger charge is 2.32. The lowest BCUT2D eigenvalue weighted by molar-refractivity contribution is -0.141. The van der Waals surface area contributed by atoms with Crippen molar-refractivity contribution >= 4 is 22.5 Å². The van der Waals surface area contributed by atoms with Gasteiger partial charge in [0.05, 0.1) is 18.0 Å². The normalized spacial score (nSPS) is 12.5. The first-order valence-electron chi connectivity index (χ1n) is 8.96. The molecule has 0 aliphatic heterocycles. The number of ether oxygens (including phenoxy) is 1. The zero-order valence-electron chi connectivity index (χ0n) is 16.5. The van der Waals surface area contributed by atoms with Crippen molar-refractivity contribution in [2.45, 2.75) is 20.0 Å². The number of hydrogen-bond donors (Lipinski definition) is 1. The number of hydrogen-bond acceptors (Lipinski definition) is 4. The molecule has 0 saturated heterocycles. The highest BCUT2D eigenvalue weighted by molar-refractivity contribution is 5.91. The SMILES string of the molecule is C/C=C/C(=C\N(C)C(C)=O)c1ccc2[nH]cnc2c1Oc1ccc(C(F)(F)F)nc1. The van der Waals surface area contributed by atoms with Gasteiger partial charge in [-0.05, 0) is 31.2 Å². The summed E-state index contributed by atoms with van der Waals surface area (Å²) in [5.74, 6) is 0.295. The molecule has 0 unspecified atom stereocenters. The molecule has 6 nitrogen and oxygen atoms in total. The number of fused-ring (bicyclic) bond motifs is 1. The van der Waals surface area contributed by atoms with Gasteiger partial charge in [0.1, 0.15) is 17.0 Å². The van der Waals surface area contributed by atoms with Crippen LogP contribution in [0.3, 0.4) is 0 Å². The van der Waals surface area contributed by atoms with Crippen LogP contribution in [0.15, 0.2) is 55.1 Å². The fourth-order valence-corrected chi connectivity index (χ4v) is 2.72. The summed E-state index contributed by atoms with van der Waals surface area (Å²) in [4.78, 5) is 23.8. The van der Waals surface area contributed by atoms with Crippen LogP contribution in [0.5, 0.6) is 11.5 Å². The standard InChI is InChI=1S/C21H19F3N4O2/c1-4-5-14(11-28(3)13(2)29)16-7-8-17-19(27-12-26-17)20(16)30-15-6-9-18(25-10-15)21(22,23)24/h4-12H,1-3H3,(H,26,27)/b5-4+,14-11+. The maximum Gasteiger partial charge on any atom is 0.433 e. The highest BCUT2D eigenvalue weighted by Crippen LogP contribution is 2.37. The lowest BCUT2D eigenvalue weighted by Crippen LogP contribution is -2.17. The maximum atomic E-state index is 12.8. The maximum absolute atomic E-state index is 12.8. The second-order valence-electron chi connectivity index (χ2n) is 6.43. The Morgan fingerprint density at radius 2 is 1.97 bits per heavy atom. The van der Waals surface area contributed by atoms with E-state index in [0.29, 0.717) is 27.9 Å². The molecule has 1 amide bonds. The van der Waals surface area contributed by atoms with Gasteiger partial charge in [-0.25, -0.2) is 9.97 Å². The predicted molar refractivity (Wildman–Crippen MR) is 107 cm³/mol. The Balaban J connectivity index is 2.11. The van der Waals surface area contributed by atoms with Gasteiger partial charge in [0.15, 0.2) is 5.75 Å². The number of amides is 1. The number of carbonyl (C=O) groups is 1. The molecular formula is C21H19F3N4O2. The summed E-state index contributed by atoms with van der Waals surface area (Å²) >= 11 is 0. The number of aromatic nitrogens is 3. The number of carbonyl (C=O) groups excluding carboxylic acids is 1. The number of pyridine rings is 1. The van der Waals surface area contributed by atoms with Crippen molar-refractivity contribution in [3.05, 3.63) is 66.4 Å². The lowest BCUT2D eigenvalue weighted by atomic mass is 10.0. The molecule has 2 heterocycles. The first-order chi connectivity index (χ1) is 14.2. The minimum atomic E-state index is -4.54. The van der Waals surface area contributed by atoms with E-state index >= 15 is 0 Å². The van der Waals surface area contributed by atoms with Crippen LogP contribution in [-0.4, -0.2) is 32.8 Å². The van der Waals surface area contributed by atoms with E-state index in [1.807, 2.05) is 6.92 Å². The van der Waals surface area contributed by atoms with Crippen molar-refractivity contribution in [3.8, 4) is 11.5 Å². The number of alkyl halides is 3. The van der Waals surface area contributed by atoms with Gasteiger partial charge in [0, 0.05) is 31.3 Å². The van der Waals surface area contributed by atoms with Crippen LogP contribution in [0.1, 0.15) is 25.1 Å². The van der Waals surface area contributed by atoms with E-state index in [1.165, 1.54) is 24.2 Å². The van der Waals surface area contributed by atoms with Crippen LogP contribution in [0, 0.1) is 0 Å². The molecule has 3 rings (SSSR count). The van der Waals surface area contributed by atoms with Crippen molar-refractivity contribution in [2.75, 3.05) is 7.05 Å². The Bertz CT molecular complexity index is 1120. The molecule has 0 aliphatic rings. The fraction of sp³-hybridized carbons (Fsp3) is 0.190. The van der Waals surface area contributed by atoms with Gasteiger partial charge in [-0.1, -0.05) is 12.2 Å². The van der Waals surface area contributed by atoms with Gasteiger partial charge in [0.25, 0.3) is 0 Å². The minimum Gasteiger partial charge on any atom is -0.453 e. The molecule has 0 aliphatic carbocycles. The molecule has 30 heavy (non-hydrogen) atoms. The van der Waals surface area contributed by atoms with Crippen LogP contribution in [-0.2, 0) is 11.0 Å². The van der Waals surface area contributed by atoms with E-state index in [9.17, 15) is 18.0 Å². The Kier molecular flexibility index (Phi) is 5.91. The van der Waals surface area contributed by atoms with Crippen LogP contribution in [0.4, 0.5) is 13.2 Å². The van der Waals surface area contributed by atoms with Crippen LogP contribution < -0.4 is 4.74 Å². The molecule has 1 aromatic carbocycles. The Labute approximate surface area is 170 Å². The third kappa shape index (κ3) is 4.51. The number of allylic oxidation sites excluding steroid dienone is 3. The first-order valence-corrected chi connectivity index (χ1v) is 8.96. The number of nitrogens with zero attached hydrogens (tertiary/aromatic N) is 3. The van der Waals surface area contributed by atoms with Gasteiger partial charge in [-0.15, -0.1) is 0 Å². The van der Waals surface area contributed by atoms with Crippen molar-refractivity contribution in [1.29, 1.82) is 0 Å². The Morgan fingerprint density at radius 3 is 2.57 bits per heavy atom. The van der Waals surface area contributed by atoms with E-state index in [4.69, 9.17) is 4.74 Å². The number of halogens is 3. The summed E-state index contributed by atoms with van der Waals surface area (Å²) in [6.07, 6.45) is 3.22. The number of H-pyrrole nitrogens is 1. The molecule has 0 bridgehead atoms. The minimum absolute atomic E-state index is 0.125. The summed E-state index contributed by atoms with van der Waals surface area (Å²) < 4.78 is 44.3. The summed E-state index contributed by atoms with van der Waals surface area (Å²) in [6.45, 7) is 3.26. The van der Waals surface area contributed by atoms with Crippen molar-refractivity contribution in [2.24, 2.45) is 0 Å². The van der Waals surface area contributed by atoms with Gasteiger partial charge in [-0.3, -0.25) is 4.79 Å². The zero-order valence-corrected chi connectivity index (χ0v) is 16.5. The summed E-state index contributed by atoms with van der Waals surface area (Å²) in [5.41, 5.74) is 1.45. The summed E-state index contributed by atoms with van der Waals surface area (Å²) in [5, 5.41) is 0. The zero-order chi connectivity index (χ0) is 21.9. The van der Waals surface area contributed by atoms with Crippen molar-refractivity contribution in [1.82, 2.24) is 19.9 Å². The monoisotopic (exact) mass is 416 g/mol. The van der Waals surface area contributed by atoms with Gasteiger partial charge < -0.3 is 14.6 Å². The average molecular weight is 416 g/mol. The van der Waals surface area contributed by atoms with Crippen LogP contribution in [0.25, 0.3) is 16.6 Å². The third-order valence-electron chi connectivity index (χ3n) is 4.28. The van der Waals surface area contributed by atoms with Crippen LogP contribution in [0.2, 0.25) is 0 Å². The lowest BCUT2D eigenvalue weighted by Gasteiger charge is -2.16. The van der Waals surface area contributed by atoms with E-state index in [2.05, 4.69) is 15.0 Å². The first kappa shape index (κ1) is 21.1. The molecule has 0 saturated carbocycles. The molecule has 3 aromatic rings. The van der Waals surface area contributed by atoms with Gasteiger partial charge in [-0.2, -0.15) is 13.2 Å². The predicted octanol–water partition coefficient (Wildman–Crippen LogP) is 5.16. The molecule has 1 N–H and O–H groups in total. The number of imidazole rings is 1. The fourth-order valence-electron chi connectivity index (χ4n) is 2.72. The largest absolute Gasteiger partial charge is 0.453 e. The molecule has 0 spiro atoms. The second-order valence-corrected chi connectivity index (χ2v) is 6.43. The molecule has 2 aromatic heterocycles. The van der Waals surface area contributed by atoms with Gasteiger partial charge >= 0.3 is 6.18 Å². The van der Waals surface area contributed by atoms with E-state index in [1.54, 1.807) is 37.5 Å². The number of nitrogens with one attached hydrogen (secondary N) is 1. The summed E-state index contributed by atoms with van der Waals surface area (Å²) in [6, 6.07) is 5.64. The molecule has 9 heteroatoms. The molecule has 0 atom stereocenters. The third-order valence-corrected chi connectivity index (χ3v) is 4.28. The van der Waals surface area contributed by atoms with E-state index in [-0.39, 0.29) is 11.7 Å². The highest BCUT2D eigenvalue weighted by atomic mass is 19.4. The molecule has 0 radical (unpaired) electrons. The van der Waals surface area contributed by atoms with E-state index < -0.39 is 11.9 Å². The number of benzene rings is 1. The molecule has 0 fully saturated rings. The van der Waals surface area contributed by atoms with Gasteiger partial charge in [0.2, 0.25) is 5.91 Å².